The molecule has 1 aromatic heterocycles. The molecule has 0 aliphatic heterocycles. The maximum absolute atomic E-state index is 12.9. The van der Waals surface area contributed by atoms with Gasteiger partial charge in [-0.1, -0.05) is 17.8 Å². The zero-order valence-corrected chi connectivity index (χ0v) is 15.2. The Balaban J connectivity index is 1.82. The number of aryl methyl sites for hydroxylation is 4. The predicted molar refractivity (Wildman–Crippen MR) is 93.3 cm³/mol. The molecule has 4 nitrogen and oxygen atoms in total. The number of hydrogen-bond donors (Lipinski definition) is 0. The van der Waals surface area contributed by atoms with E-state index in [-0.39, 0.29) is 11.0 Å². The average Bonchev–Trinajstić information content (AvgIpc) is 3.27. The summed E-state index contributed by atoms with van der Waals surface area (Å²) in [7, 11) is 0. The van der Waals surface area contributed by atoms with E-state index in [0.29, 0.717) is 6.04 Å². The minimum Gasteiger partial charge on any atom is -0.303 e. The summed E-state index contributed by atoms with van der Waals surface area (Å²) in [6.45, 7) is 10.1. The molecule has 1 aliphatic rings. The minimum atomic E-state index is -0.170. The molecular weight excluding hydrogens is 306 g/mol. The number of benzene rings is 1. The first kappa shape index (κ1) is 16.2. The van der Waals surface area contributed by atoms with Gasteiger partial charge in [0.1, 0.15) is 5.82 Å². The van der Waals surface area contributed by atoms with Gasteiger partial charge in [0.25, 0.3) is 0 Å². The van der Waals surface area contributed by atoms with Crippen LogP contribution < -0.4 is 0 Å². The van der Waals surface area contributed by atoms with Crippen LogP contribution in [0, 0.1) is 27.7 Å². The van der Waals surface area contributed by atoms with Gasteiger partial charge < -0.3 is 4.57 Å². The highest BCUT2D eigenvalue weighted by molar-refractivity contribution is 8.00. The first-order chi connectivity index (χ1) is 10.9. The van der Waals surface area contributed by atoms with Crippen molar-refractivity contribution in [1.29, 1.82) is 0 Å². The van der Waals surface area contributed by atoms with Crippen molar-refractivity contribution >= 4 is 17.5 Å². The molecule has 0 N–H and O–H groups in total. The lowest BCUT2D eigenvalue weighted by Gasteiger charge is -2.14. The van der Waals surface area contributed by atoms with Crippen LogP contribution in [-0.2, 0) is 0 Å². The standard InChI is InChI=1S/C18H23N3OS/c1-10-8-12(3)16(9-11(10)2)17(22)13(4)23-18-20-19-14(5)21(18)15-6-7-15/h8-9,13,15H,6-7H2,1-5H3/t13-/m0/s1. The van der Waals surface area contributed by atoms with E-state index in [1.807, 2.05) is 26.8 Å². The quantitative estimate of drug-likeness (QED) is 0.609. The van der Waals surface area contributed by atoms with Gasteiger partial charge in [0.15, 0.2) is 10.9 Å². The predicted octanol–water partition coefficient (Wildman–Crippen LogP) is 4.21. The van der Waals surface area contributed by atoms with Crippen molar-refractivity contribution in [2.45, 2.75) is 63.9 Å². The molecule has 1 atom stereocenters. The molecule has 0 unspecified atom stereocenters. The molecule has 23 heavy (non-hydrogen) atoms. The molecule has 1 heterocycles. The van der Waals surface area contributed by atoms with Gasteiger partial charge >= 0.3 is 0 Å². The average molecular weight is 329 g/mol. The van der Waals surface area contributed by atoms with Crippen molar-refractivity contribution in [3.63, 3.8) is 0 Å². The van der Waals surface area contributed by atoms with E-state index < -0.39 is 0 Å². The number of aromatic nitrogens is 3. The van der Waals surface area contributed by atoms with Gasteiger partial charge in [0.05, 0.1) is 5.25 Å². The third-order valence-electron chi connectivity index (χ3n) is 4.50. The molecule has 1 aliphatic carbocycles. The minimum absolute atomic E-state index is 0.165. The van der Waals surface area contributed by atoms with E-state index >= 15 is 0 Å². The van der Waals surface area contributed by atoms with Crippen LogP contribution in [0.15, 0.2) is 17.3 Å². The summed E-state index contributed by atoms with van der Waals surface area (Å²) in [6, 6.07) is 4.63. The van der Waals surface area contributed by atoms with E-state index in [4.69, 9.17) is 0 Å². The number of thioether (sulfide) groups is 1. The first-order valence-electron chi connectivity index (χ1n) is 8.08. The van der Waals surface area contributed by atoms with Crippen molar-refractivity contribution < 1.29 is 4.79 Å². The molecule has 2 aromatic rings. The maximum Gasteiger partial charge on any atom is 0.192 e. The molecule has 0 bridgehead atoms. The zero-order valence-electron chi connectivity index (χ0n) is 14.4. The monoisotopic (exact) mass is 329 g/mol. The topological polar surface area (TPSA) is 47.8 Å². The van der Waals surface area contributed by atoms with Crippen molar-refractivity contribution in [3.8, 4) is 0 Å². The van der Waals surface area contributed by atoms with Crippen LogP contribution in [0.1, 0.15) is 58.7 Å². The fourth-order valence-corrected chi connectivity index (χ4v) is 3.87. The van der Waals surface area contributed by atoms with E-state index in [0.717, 1.165) is 27.7 Å². The summed E-state index contributed by atoms with van der Waals surface area (Å²) in [4.78, 5) is 12.9. The third-order valence-corrected chi connectivity index (χ3v) is 5.56. The highest BCUT2D eigenvalue weighted by Gasteiger charge is 2.30. The SMILES string of the molecule is Cc1cc(C)c(C(=O)[C@H](C)Sc2nnc(C)n2C2CC2)cc1C. The second kappa shape index (κ2) is 6.11. The Morgan fingerprint density at radius 1 is 1.13 bits per heavy atom. The zero-order chi connectivity index (χ0) is 16.7. The molecule has 122 valence electrons. The van der Waals surface area contributed by atoms with Gasteiger partial charge in [0.2, 0.25) is 0 Å². The molecule has 1 aromatic carbocycles. The van der Waals surface area contributed by atoms with Crippen LogP contribution in [0.3, 0.4) is 0 Å². The van der Waals surface area contributed by atoms with Crippen molar-refractivity contribution in [3.05, 3.63) is 40.2 Å². The van der Waals surface area contributed by atoms with E-state index in [1.54, 1.807) is 0 Å². The Labute approximate surface area is 141 Å². The third kappa shape index (κ3) is 3.20. The molecular formula is C18H23N3OS. The molecule has 5 heteroatoms. The van der Waals surface area contributed by atoms with Crippen LogP contribution in [0.25, 0.3) is 0 Å². The van der Waals surface area contributed by atoms with Gasteiger partial charge in [-0.3, -0.25) is 4.79 Å². The maximum atomic E-state index is 12.9. The summed E-state index contributed by atoms with van der Waals surface area (Å²) in [6.07, 6.45) is 2.37. The lowest BCUT2D eigenvalue weighted by molar-refractivity contribution is 0.0993. The van der Waals surface area contributed by atoms with Crippen molar-refractivity contribution in [2.75, 3.05) is 0 Å². The molecule has 0 saturated heterocycles. The summed E-state index contributed by atoms with van der Waals surface area (Å²) >= 11 is 1.52. The lowest BCUT2D eigenvalue weighted by Crippen LogP contribution is -2.16. The summed E-state index contributed by atoms with van der Waals surface area (Å²) in [5.74, 6) is 1.11. The molecule has 0 spiro atoms. The van der Waals surface area contributed by atoms with E-state index in [9.17, 15) is 4.79 Å². The van der Waals surface area contributed by atoms with Gasteiger partial charge in [-0.25, -0.2) is 0 Å². The summed E-state index contributed by atoms with van der Waals surface area (Å²) in [5, 5.41) is 9.16. The second-order valence-electron chi connectivity index (χ2n) is 6.51. The first-order valence-corrected chi connectivity index (χ1v) is 8.96. The molecule has 1 saturated carbocycles. The Bertz CT molecular complexity index is 762. The number of ketones is 1. The van der Waals surface area contributed by atoms with Gasteiger partial charge in [0, 0.05) is 11.6 Å². The fourth-order valence-electron chi connectivity index (χ4n) is 2.84. The van der Waals surface area contributed by atoms with Crippen LogP contribution >= 0.6 is 11.8 Å². The van der Waals surface area contributed by atoms with Gasteiger partial charge in [-0.15, -0.1) is 10.2 Å². The molecule has 0 radical (unpaired) electrons. The Morgan fingerprint density at radius 3 is 2.43 bits per heavy atom. The largest absolute Gasteiger partial charge is 0.303 e. The number of rotatable bonds is 5. The number of carbonyl (C=O) groups excluding carboxylic acids is 1. The number of hydrogen-bond acceptors (Lipinski definition) is 4. The Hall–Kier alpha value is -1.62. The normalized spacial score (nSPS) is 15.7. The van der Waals surface area contributed by atoms with Gasteiger partial charge in [-0.05, 0) is 70.2 Å². The molecule has 3 rings (SSSR count). The summed E-state index contributed by atoms with van der Waals surface area (Å²) < 4.78 is 2.18. The lowest BCUT2D eigenvalue weighted by atomic mass is 9.97. The fraction of sp³-hybridized carbons (Fsp3) is 0.500. The highest BCUT2D eigenvalue weighted by atomic mass is 32.2. The number of nitrogens with zero attached hydrogens (tertiary/aromatic N) is 3. The van der Waals surface area contributed by atoms with E-state index in [1.165, 1.54) is 30.2 Å². The Morgan fingerprint density at radius 2 is 1.78 bits per heavy atom. The van der Waals surface area contributed by atoms with Crippen molar-refractivity contribution in [2.24, 2.45) is 0 Å². The van der Waals surface area contributed by atoms with Gasteiger partial charge in [-0.2, -0.15) is 0 Å². The highest BCUT2D eigenvalue weighted by Crippen LogP contribution is 2.39. The van der Waals surface area contributed by atoms with Crippen molar-refractivity contribution in [1.82, 2.24) is 14.8 Å². The van der Waals surface area contributed by atoms with E-state index in [2.05, 4.69) is 34.7 Å². The van der Waals surface area contributed by atoms with Crippen LogP contribution in [0.4, 0.5) is 0 Å². The molecule has 0 amide bonds. The summed E-state index contributed by atoms with van der Waals surface area (Å²) in [5.41, 5.74) is 4.25. The smallest absolute Gasteiger partial charge is 0.192 e. The Kier molecular flexibility index (Phi) is 4.32. The molecule has 1 fully saturated rings. The van der Waals surface area contributed by atoms with Crippen LogP contribution in [-0.4, -0.2) is 25.8 Å². The van der Waals surface area contributed by atoms with Crippen LogP contribution in [0.5, 0.6) is 0 Å². The van der Waals surface area contributed by atoms with Crippen LogP contribution in [0.2, 0.25) is 0 Å². The second-order valence-corrected chi connectivity index (χ2v) is 7.81. The number of carbonyl (C=O) groups is 1. The number of Topliss-reactive ketones (excluding diaryl/α,β-unsaturated/α-hetero) is 1.